The number of sulfonamides is 1. The lowest BCUT2D eigenvalue weighted by atomic mass is 9.85. The molecule has 1 aromatic carbocycles. The zero-order valence-corrected chi connectivity index (χ0v) is 33.7. The number of rotatable bonds is 8. The minimum atomic E-state index is -4.08. The molecule has 4 fully saturated rings. The van der Waals surface area contributed by atoms with Crippen LogP contribution in [0.4, 0.5) is 13.6 Å². The van der Waals surface area contributed by atoms with Gasteiger partial charge in [-0.1, -0.05) is 40.5 Å². The van der Waals surface area contributed by atoms with E-state index in [0.717, 1.165) is 32.1 Å². The summed E-state index contributed by atoms with van der Waals surface area (Å²) < 4.78 is 72.8. The van der Waals surface area contributed by atoms with Gasteiger partial charge in [-0.2, -0.15) is 0 Å². The molecule has 2 bridgehead atoms. The van der Waals surface area contributed by atoms with E-state index in [9.17, 15) is 36.4 Å². The third-order valence-electron chi connectivity index (χ3n) is 12.0. The number of hydrogen-bond donors (Lipinski definition) is 3. The highest BCUT2D eigenvalue weighted by Gasteiger charge is 2.64. The van der Waals surface area contributed by atoms with Crippen LogP contribution in [0.5, 0.6) is 11.6 Å². The maximum atomic E-state index is 14.7. The highest BCUT2D eigenvalue weighted by Crippen LogP contribution is 2.48. The minimum Gasteiger partial charge on any atom is -0.497 e. The fourth-order valence-electron chi connectivity index (χ4n) is 8.24. The van der Waals surface area contributed by atoms with Crippen LogP contribution in [0.2, 0.25) is 0 Å². The van der Waals surface area contributed by atoms with Gasteiger partial charge >= 0.3 is 6.09 Å². The minimum absolute atomic E-state index is 0.154. The molecule has 57 heavy (non-hydrogen) atoms. The average Bonchev–Trinajstić information content (AvgIpc) is 4.06. The van der Waals surface area contributed by atoms with Crippen LogP contribution in [0.15, 0.2) is 18.2 Å². The van der Waals surface area contributed by atoms with Gasteiger partial charge in [0.1, 0.15) is 41.3 Å². The van der Waals surface area contributed by atoms with Crippen LogP contribution in [0.25, 0.3) is 11.0 Å². The van der Waals surface area contributed by atoms with E-state index in [-0.39, 0.29) is 30.9 Å². The van der Waals surface area contributed by atoms with Crippen molar-refractivity contribution in [2.75, 3.05) is 13.7 Å². The zero-order valence-electron chi connectivity index (χ0n) is 32.9. The van der Waals surface area contributed by atoms with Crippen LogP contribution >= 0.6 is 0 Å². The van der Waals surface area contributed by atoms with E-state index in [2.05, 4.69) is 10.6 Å². The predicted octanol–water partition coefficient (Wildman–Crippen LogP) is 4.02. The van der Waals surface area contributed by atoms with E-state index in [1.807, 2.05) is 4.72 Å². The summed E-state index contributed by atoms with van der Waals surface area (Å²) in [7, 11) is -2.55. The lowest BCUT2D eigenvalue weighted by Crippen LogP contribution is -2.61. The molecular formula is C39H52F2N6O9S. The van der Waals surface area contributed by atoms with Crippen LogP contribution in [-0.4, -0.2) is 102 Å². The Morgan fingerprint density at radius 2 is 1.82 bits per heavy atom. The first-order valence-electron chi connectivity index (χ1n) is 19.9. The van der Waals surface area contributed by atoms with Gasteiger partial charge in [-0.05, 0) is 74.3 Å². The summed E-state index contributed by atoms with van der Waals surface area (Å²) in [5, 5.41) is 4.61. The van der Waals surface area contributed by atoms with Crippen molar-refractivity contribution < 1.29 is 50.6 Å². The van der Waals surface area contributed by atoms with Crippen molar-refractivity contribution in [3.8, 4) is 11.6 Å². The maximum Gasteiger partial charge on any atom is 0.408 e. The molecule has 4 amide bonds. The van der Waals surface area contributed by atoms with Crippen LogP contribution in [0, 0.1) is 23.2 Å². The summed E-state index contributed by atoms with van der Waals surface area (Å²) in [6, 6.07) is 2.80. The molecule has 2 aliphatic heterocycles. The molecule has 18 heteroatoms. The fraction of sp³-hybridized carbons (Fsp3) is 0.692. The third-order valence-corrected chi connectivity index (χ3v) is 13.8. The van der Waals surface area contributed by atoms with Crippen molar-refractivity contribution in [3.63, 3.8) is 0 Å². The van der Waals surface area contributed by atoms with Crippen molar-refractivity contribution in [1.82, 2.24) is 30.2 Å². The van der Waals surface area contributed by atoms with Gasteiger partial charge in [-0.15, -0.1) is 0 Å². The van der Waals surface area contributed by atoms with Gasteiger partial charge in [-0.25, -0.2) is 32.0 Å². The molecule has 5 aliphatic rings. The maximum absolute atomic E-state index is 14.7. The summed E-state index contributed by atoms with van der Waals surface area (Å²) in [6.45, 7) is 6.81. The van der Waals surface area contributed by atoms with Crippen LogP contribution in [0.3, 0.4) is 0 Å². The molecule has 8 unspecified atom stereocenters. The Morgan fingerprint density at radius 3 is 2.51 bits per heavy atom. The molecule has 0 spiro atoms. The number of benzene rings is 1. The molecule has 3 N–H and O–H groups in total. The van der Waals surface area contributed by atoms with Crippen molar-refractivity contribution in [2.45, 2.75) is 133 Å². The number of hydrogen-bond acceptors (Lipinski definition) is 11. The molecule has 1 aromatic heterocycles. The van der Waals surface area contributed by atoms with Gasteiger partial charge in [-0.3, -0.25) is 19.1 Å². The number of methoxy groups -OCH3 is 1. The number of alkyl carbamates (subject to hydrolysis) is 1. The third kappa shape index (κ3) is 8.75. The van der Waals surface area contributed by atoms with Crippen LogP contribution < -0.4 is 24.8 Å². The molecule has 3 saturated carbocycles. The normalized spacial score (nSPS) is 30.8. The van der Waals surface area contributed by atoms with E-state index in [4.69, 9.17) is 24.2 Å². The van der Waals surface area contributed by atoms with Gasteiger partial charge in [0, 0.05) is 18.4 Å². The van der Waals surface area contributed by atoms with Gasteiger partial charge in [0.25, 0.3) is 5.91 Å². The van der Waals surface area contributed by atoms with E-state index >= 15 is 0 Å². The van der Waals surface area contributed by atoms with Crippen molar-refractivity contribution in [3.05, 3.63) is 23.9 Å². The highest BCUT2D eigenvalue weighted by molar-refractivity contribution is 7.91. The Balaban J connectivity index is 1.25. The summed E-state index contributed by atoms with van der Waals surface area (Å²) in [6.07, 6.45) is -0.279. The number of fused-ring (bicyclic) bond motifs is 5. The Hall–Kier alpha value is -4.35. The zero-order chi connectivity index (χ0) is 41.0. The van der Waals surface area contributed by atoms with E-state index in [1.54, 1.807) is 45.9 Å². The molecular weight excluding hydrogens is 767 g/mol. The summed E-state index contributed by atoms with van der Waals surface area (Å²) in [5.74, 6) is -3.42. The number of nitrogens with zero attached hydrogens (tertiary/aromatic N) is 3. The Morgan fingerprint density at radius 1 is 1.07 bits per heavy atom. The molecule has 1 saturated heterocycles. The van der Waals surface area contributed by atoms with Gasteiger partial charge in [0.15, 0.2) is 0 Å². The number of carbonyl (C=O) groups is 4. The molecule has 2 aromatic rings. The van der Waals surface area contributed by atoms with Crippen molar-refractivity contribution in [1.29, 1.82) is 0 Å². The second-order valence-corrected chi connectivity index (χ2v) is 19.4. The standard InChI is InChI=1S/C39H52F2N6O9S/c1-20-29-19-47(31(20)33(48)45-39(18-22(39)16-30(40)41)36(50)46-57(52,53)24-12-13-24)35(49)32(38(2,3)4)44-37(51)56-28-15-21(28)9-7-6-8-10-26-34(55-29)43-27-17-23(54-5)11-14-25(27)42-26/h11,14,17,20-22,24,28-32H,6-10,12-13,15-16,18-19H2,1-5H3,(H,44,51)(H,45,48)(H,46,50). The smallest absolute Gasteiger partial charge is 0.408 e. The number of amides is 4. The van der Waals surface area contributed by atoms with Crippen molar-refractivity contribution >= 4 is 44.9 Å². The number of alkyl halides is 2. The molecule has 8 atom stereocenters. The summed E-state index contributed by atoms with van der Waals surface area (Å²) in [4.78, 5) is 67.3. The Bertz CT molecular complexity index is 2030. The molecule has 312 valence electrons. The first kappa shape index (κ1) is 40.8. The monoisotopic (exact) mass is 818 g/mol. The number of ether oxygens (including phenoxy) is 3. The first-order chi connectivity index (χ1) is 26.9. The second kappa shape index (κ2) is 15.4. The predicted molar refractivity (Wildman–Crippen MR) is 202 cm³/mol. The topological polar surface area (TPSA) is 195 Å². The number of aryl methyl sites for hydroxylation is 1. The van der Waals surface area contributed by atoms with Gasteiger partial charge in [0.05, 0.1) is 29.9 Å². The van der Waals surface area contributed by atoms with Crippen LogP contribution in [0.1, 0.15) is 91.2 Å². The van der Waals surface area contributed by atoms with Gasteiger partial charge < -0.3 is 29.7 Å². The van der Waals surface area contributed by atoms with Gasteiger partial charge in [0.2, 0.25) is 34.1 Å². The molecule has 0 radical (unpaired) electrons. The quantitative estimate of drug-likeness (QED) is 0.348. The SMILES string of the molecule is COc1ccc2nc3c(nc2c1)OC1CN(C(=O)C(C(C)(C)C)NC(=O)OC2CC2CCCCC3)C(C(=O)NC2(C(=O)NS(=O)(=O)C3CC3)CC2CC(F)F)C1C. The van der Waals surface area contributed by atoms with Crippen LogP contribution in [-0.2, 0) is 35.6 Å². The van der Waals surface area contributed by atoms with E-state index in [1.165, 1.54) is 12.0 Å². The highest BCUT2D eigenvalue weighted by atomic mass is 32.2. The number of nitrogens with one attached hydrogen (secondary N) is 3. The first-order valence-corrected chi connectivity index (χ1v) is 21.4. The van der Waals surface area contributed by atoms with E-state index in [0.29, 0.717) is 41.7 Å². The second-order valence-electron chi connectivity index (χ2n) is 17.4. The largest absolute Gasteiger partial charge is 0.497 e. The molecule has 3 heterocycles. The Kier molecular flexibility index (Phi) is 11.1. The molecule has 15 nitrogen and oxygen atoms in total. The lowest BCUT2D eigenvalue weighted by Gasteiger charge is -2.36. The van der Waals surface area contributed by atoms with E-state index < -0.39 is 92.9 Å². The lowest BCUT2D eigenvalue weighted by molar-refractivity contribution is -0.143. The molecule has 3 aliphatic carbocycles. The molecule has 7 rings (SSSR count). The fourth-order valence-corrected chi connectivity index (χ4v) is 9.60. The summed E-state index contributed by atoms with van der Waals surface area (Å²) in [5.41, 5.74) is -1.09. The summed E-state index contributed by atoms with van der Waals surface area (Å²) >= 11 is 0. The number of halogens is 2. The van der Waals surface area contributed by atoms with Crippen molar-refractivity contribution in [2.24, 2.45) is 23.2 Å². The number of carbonyl (C=O) groups excluding carboxylic acids is 4. The number of aromatic nitrogens is 2. The Labute approximate surface area is 330 Å². The average molecular weight is 819 g/mol.